The fourth-order valence-electron chi connectivity index (χ4n) is 3.19. The third-order valence-electron chi connectivity index (χ3n) is 4.38. The molecule has 2 rings (SSSR count). The van der Waals surface area contributed by atoms with Gasteiger partial charge in [-0.15, -0.1) is 12.3 Å². The fourth-order valence-corrected chi connectivity index (χ4v) is 3.19. The van der Waals surface area contributed by atoms with Gasteiger partial charge >= 0.3 is 0 Å². The highest BCUT2D eigenvalue weighted by Crippen LogP contribution is 2.35. The van der Waals surface area contributed by atoms with Gasteiger partial charge in [0.2, 0.25) is 0 Å². The van der Waals surface area contributed by atoms with Crippen molar-refractivity contribution in [3.05, 3.63) is 11.6 Å². The van der Waals surface area contributed by atoms with Crippen molar-refractivity contribution in [1.82, 2.24) is 5.32 Å². The van der Waals surface area contributed by atoms with Crippen LogP contribution < -0.4 is 5.32 Å². The summed E-state index contributed by atoms with van der Waals surface area (Å²) in [5.74, 6) is 5.25. The summed E-state index contributed by atoms with van der Waals surface area (Å²) < 4.78 is 0. The van der Waals surface area contributed by atoms with Crippen LogP contribution in [0.3, 0.4) is 0 Å². The van der Waals surface area contributed by atoms with Gasteiger partial charge in [-0.25, -0.2) is 0 Å². The highest BCUT2D eigenvalue weighted by Gasteiger charge is 2.23. The van der Waals surface area contributed by atoms with Gasteiger partial charge < -0.3 is 5.32 Å². The SMILES string of the molecule is C#CCC1CCC(C2=CCC(C)CNC2)CC1. The van der Waals surface area contributed by atoms with E-state index in [1.165, 1.54) is 38.6 Å². The van der Waals surface area contributed by atoms with Crippen LogP contribution in [-0.2, 0) is 0 Å². The lowest BCUT2D eigenvalue weighted by molar-refractivity contribution is 0.303. The Bertz CT molecular complexity index is 302. The molecule has 0 saturated heterocycles. The first-order chi connectivity index (χ1) is 8.29. The molecule has 1 nitrogen and oxygen atoms in total. The predicted molar refractivity (Wildman–Crippen MR) is 73.6 cm³/mol. The minimum absolute atomic E-state index is 0.797. The summed E-state index contributed by atoms with van der Waals surface area (Å²) >= 11 is 0. The Morgan fingerprint density at radius 2 is 2.12 bits per heavy atom. The molecule has 0 aromatic rings. The van der Waals surface area contributed by atoms with Gasteiger partial charge in [-0.05, 0) is 56.4 Å². The van der Waals surface area contributed by atoms with Crippen LogP contribution in [0.1, 0.15) is 45.4 Å². The van der Waals surface area contributed by atoms with Gasteiger partial charge in [0.1, 0.15) is 0 Å². The van der Waals surface area contributed by atoms with Gasteiger partial charge in [0, 0.05) is 13.0 Å². The molecular weight excluding hydrogens is 206 g/mol. The number of nitrogens with one attached hydrogen (secondary N) is 1. The topological polar surface area (TPSA) is 12.0 Å². The van der Waals surface area contributed by atoms with E-state index < -0.39 is 0 Å². The fraction of sp³-hybridized carbons (Fsp3) is 0.750. The molecule has 1 saturated carbocycles. The lowest BCUT2D eigenvalue weighted by Gasteiger charge is -2.29. The van der Waals surface area contributed by atoms with Crippen LogP contribution in [0.25, 0.3) is 0 Å². The Hall–Kier alpha value is -0.740. The molecule has 1 fully saturated rings. The number of allylic oxidation sites excluding steroid dienone is 1. The van der Waals surface area contributed by atoms with Crippen molar-refractivity contribution in [3.8, 4) is 12.3 Å². The molecule has 1 heterocycles. The maximum Gasteiger partial charge on any atom is 0.0167 e. The maximum absolute atomic E-state index is 5.40. The summed E-state index contributed by atoms with van der Waals surface area (Å²) in [6.45, 7) is 4.62. The van der Waals surface area contributed by atoms with Gasteiger partial charge in [-0.3, -0.25) is 0 Å². The molecule has 17 heavy (non-hydrogen) atoms. The Morgan fingerprint density at radius 1 is 1.35 bits per heavy atom. The highest BCUT2D eigenvalue weighted by atomic mass is 14.9. The number of hydrogen-bond acceptors (Lipinski definition) is 1. The summed E-state index contributed by atoms with van der Waals surface area (Å²) in [4.78, 5) is 0. The highest BCUT2D eigenvalue weighted by molar-refractivity contribution is 5.12. The zero-order chi connectivity index (χ0) is 12.1. The molecule has 0 radical (unpaired) electrons. The van der Waals surface area contributed by atoms with Crippen LogP contribution in [0.4, 0.5) is 0 Å². The molecule has 1 aliphatic carbocycles. The smallest absolute Gasteiger partial charge is 0.0167 e. The van der Waals surface area contributed by atoms with E-state index in [1.807, 2.05) is 0 Å². The van der Waals surface area contributed by atoms with Crippen molar-refractivity contribution in [2.45, 2.75) is 45.4 Å². The molecule has 0 amide bonds. The van der Waals surface area contributed by atoms with E-state index in [4.69, 9.17) is 6.42 Å². The average molecular weight is 231 g/mol. The summed E-state index contributed by atoms with van der Waals surface area (Å²) in [5.41, 5.74) is 1.67. The molecule has 1 N–H and O–H groups in total. The molecule has 0 bridgehead atoms. The van der Waals surface area contributed by atoms with Crippen molar-refractivity contribution in [2.24, 2.45) is 17.8 Å². The summed E-state index contributed by atoms with van der Waals surface area (Å²) in [6, 6.07) is 0. The van der Waals surface area contributed by atoms with Gasteiger partial charge in [0.15, 0.2) is 0 Å². The summed E-state index contributed by atoms with van der Waals surface area (Å²) in [7, 11) is 0. The molecule has 2 aliphatic rings. The molecule has 0 aromatic carbocycles. The molecule has 1 aliphatic heterocycles. The number of terminal acetylenes is 1. The molecule has 94 valence electrons. The first-order valence-electron chi connectivity index (χ1n) is 7.12. The zero-order valence-corrected chi connectivity index (χ0v) is 11.0. The lowest BCUT2D eigenvalue weighted by atomic mass is 9.77. The first-order valence-corrected chi connectivity index (χ1v) is 7.12. The predicted octanol–water partition coefficient (Wildman–Crippen LogP) is 3.37. The largest absolute Gasteiger partial charge is 0.313 e. The van der Waals surface area contributed by atoms with Crippen molar-refractivity contribution in [1.29, 1.82) is 0 Å². The Labute approximate surface area is 106 Å². The number of hydrogen-bond donors (Lipinski definition) is 1. The second-order valence-electron chi connectivity index (χ2n) is 5.88. The van der Waals surface area contributed by atoms with E-state index in [2.05, 4.69) is 24.2 Å². The lowest BCUT2D eigenvalue weighted by Crippen LogP contribution is -2.24. The minimum Gasteiger partial charge on any atom is -0.313 e. The number of rotatable bonds is 2. The van der Waals surface area contributed by atoms with Crippen LogP contribution >= 0.6 is 0 Å². The van der Waals surface area contributed by atoms with Gasteiger partial charge in [0.05, 0.1) is 0 Å². The van der Waals surface area contributed by atoms with Crippen molar-refractivity contribution >= 4 is 0 Å². The Kier molecular flexibility index (Phi) is 4.68. The average Bonchev–Trinajstić information content (AvgIpc) is 2.56. The standard InChI is InChI=1S/C16H25N/c1-3-4-14-6-9-15(10-7-14)16-8-5-13(2)11-17-12-16/h1,8,13-15,17H,4-7,9-12H2,2H3. The van der Waals surface area contributed by atoms with Crippen LogP contribution in [0, 0.1) is 30.1 Å². The normalized spacial score (nSPS) is 34.6. The third-order valence-corrected chi connectivity index (χ3v) is 4.38. The molecule has 0 aromatic heterocycles. The monoisotopic (exact) mass is 231 g/mol. The van der Waals surface area contributed by atoms with Crippen molar-refractivity contribution in [2.75, 3.05) is 13.1 Å². The minimum atomic E-state index is 0.797. The van der Waals surface area contributed by atoms with Crippen LogP contribution in [0.15, 0.2) is 11.6 Å². The van der Waals surface area contributed by atoms with Crippen molar-refractivity contribution < 1.29 is 0 Å². The molecule has 1 unspecified atom stereocenters. The molecule has 1 atom stereocenters. The van der Waals surface area contributed by atoms with E-state index in [0.717, 1.165) is 30.7 Å². The van der Waals surface area contributed by atoms with Crippen LogP contribution in [0.2, 0.25) is 0 Å². The van der Waals surface area contributed by atoms with Crippen LogP contribution in [-0.4, -0.2) is 13.1 Å². The van der Waals surface area contributed by atoms with Gasteiger partial charge in [-0.2, -0.15) is 0 Å². The Balaban J connectivity index is 1.85. The second kappa shape index (κ2) is 6.26. The quantitative estimate of drug-likeness (QED) is 0.567. The van der Waals surface area contributed by atoms with Crippen molar-refractivity contribution in [3.63, 3.8) is 0 Å². The van der Waals surface area contributed by atoms with Gasteiger partial charge in [-0.1, -0.05) is 18.6 Å². The Morgan fingerprint density at radius 3 is 2.82 bits per heavy atom. The maximum atomic E-state index is 5.40. The van der Waals surface area contributed by atoms with E-state index in [0.29, 0.717) is 0 Å². The summed E-state index contributed by atoms with van der Waals surface area (Å²) in [6.07, 6.45) is 15.5. The van der Waals surface area contributed by atoms with E-state index in [9.17, 15) is 0 Å². The van der Waals surface area contributed by atoms with E-state index in [-0.39, 0.29) is 0 Å². The van der Waals surface area contributed by atoms with Gasteiger partial charge in [0.25, 0.3) is 0 Å². The van der Waals surface area contributed by atoms with E-state index in [1.54, 1.807) is 5.57 Å². The molecule has 0 spiro atoms. The zero-order valence-electron chi connectivity index (χ0n) is 11.0. The van der Waals surface area contributed by atoms with E-state index >= 15 is 0 Å². The second-order valence-corrected chi connectivity index (χ2v) is 5.88. The first kappa shape index (κ1) is 12.7. The molecule has 1 heteroatoms. The molecular formula is C16H25N. The third kappa shape index (κ3) is 3.61. The summed E-state index contributed by atoms with van der Waals surface area (Å²) in [5, 5.41) is 3.58. The van der Waals surface area contributed by atoms with Crippen LogP contribution in [0.5, 0.6) is 0 Å².